The molecule has 0 spiro atoms. The van der Waals surface area contributed by atoms with Crippen LogP contribution in [-0.4, -0.2) is 23.9 Å². The van der Waals surface area contributed by atoms with Crippen LogP contribution in [0.4, 0.5) is 19.3 Å². The quantitative estimate of drug-likeness (QED) is 0.780. The van der Waals surface area contributed by atoms with Gasteiger partial charge in [-0.3, -0.25) is 4.79 Å². The summed E-state index contributed by atoms with van der Waals surface area (Å²) >= 11 is 0. The number of halogens is 2. The Hall–Kier alpha value is -2.18. The zero-order valence-electron chi connectivity index (χ0n) is 11.6. The van der Waals surface area contributed by atoms with Crippen molar-refractivity contribution < 1.29 is 18.4 Å². The maximum atomic E-state index is 12.7. The van der Waals surface area contributed by atoms with Crippen LogP contribution in [0.25, 0.3) is 0 Å². The summed E-state index contributed by atoms with van der Waals surface area (Å²) < 4.78 is 25.4. The van der Waals surface area contributed by atoms with Gasteiger partial charge in [0.05, 0.1) is 0 Å². The fourth-order valence-electron chi connectivity index (χ4n) is 1.85. The van der Waals surface area contributed by atoms with Gasteiger partial charge in [-0.05, 0) is 30.5 Å². The van der Waals surface area contributed by atoms with Gasteiger partial charge < -0.3 is 16.0 Å². The Bertz CT molecular complexity index is 528. The number of urea groups is 1. The highest BCUT2D eigenvalue weighted by Crippen LogP contribution is 2.40. The van der Waals surface area contributed by atoms with Gasteiger partial charge in [0.15, 0.2) is 0 Å². The first-order valence-corrected chi connectivity index (χ1v) is 6.62. The number of carbonyl (C=O) groups excluding carboxylic acids is 2. The molecule has 0 radical (unpaired) electrons. The topological polar surface area (TPSA) is 70.2 Å². The molecule has 7 heteroatoms. The van der Waals surface area contributed by atoms with Gasteiger partial charge >= 0.3 is 6.03 Å². The third kappa shape index (κ3) is 4.14. The van der Waals surface area contributed by atoms with E-state index in [1.165, 1.54) is 6.92 Å². The smallest absolute Gasteiger partial charge is 0.319 e. The Labute approximate surface area is 121 Å². The number of anilines is 1. The van der Waals surface area contributed by atoms with Crippen molar-refractivity contribution >= 4 is 17.6 Å². The van der Waals surface area contributed by atoms with Gasteiger partial charge in [0.1, 0.15) is 5.54 Å². The van der Waals surface area contributed by atoms with Crippen molar-refractivity contribution in [2.45, 2.75) is 38.3 Å². The SMILES string of the molecule is CC(=O)NCc1ccc(NC(=O)NC2(C(F)F)CC2)cc1. The number of benzene rings is 1. The molecule has 1 aliphatic rings. The van der Waals surface area contributed by atoms with Crippen LogP contribution in [0.2, 0.25) is 0 Å². The van der Waals surface area contributed by atoms with E-state index in [0.29, 0.717) is 25.1 Å². The van der Waals surface area contributed by atoms with E-state index in [-0.39, 0.29) is 5.91 Å². The second-order valence-corrected chi connectivity index (χ2v) is 5.14. The van der Waals surface area contributed by atoms with Crippen LogP contribution >= 0.6 is 0 Å². The maximum Gasteiger partial charge on any atom is 0.319 e. The van der Waals surface area contributed by atoms with Crippen molar-refractivity contribution in [1.82, 2.24) is 10.6 Å². The Morgan fingerprint density at radius 2 is 1.86 bits per heavy atom. The van der Waals surface area contributed by atoms with Crippen molar-refractivity contribution in [2.75, 3.05) is 5.32 Å². The fourth-order valence-corrected chi connectivity index (χ4v) is 1.85. The zero-order valence-corrected chi connectivity index (χ0v) is 11.6. The molecule has 5 nitrogen and oxygen atoms in total. The van der Waals surface area contributed by atoms with E-state index in [9.17, 15) is 18.4 Å². The van der Waals surface area contributed by atoms with Crippen molar-refractivity contribution in [3.63, 3.8) is 0 Å². The normalized spacial score (nSPS) is 15.4. The summed E-state index contributed by atoms with van der Waals surface area (Å²) in [6.07, 6.45) is -1.95. The van der Waals surface area contributed by atoms with Crippen LogP contribution in [0, 0.1) is 0 Å². The third-order valence-corrected chi connectivity index (χ3v) is 3.32. The summed E-state index contributed by atoms with van der Waals surface area (Å²) in [7, 11) is 0. The van der Waals surface area contributed by atoms with Crippen LogP contribution in [0.5, 0.6) is 0 Å². The van der Waals surface area contributed by atoms with Crippen LogP contribution in [-0.2, 0) is 11.3 Å². The minimum atomic E-state index is -2.55. The van der Waals surface area contributed by atoms with Crippen LogP contribution in [0.15, 0.2) is 24.3 Å². The second-order valence-electron chi connectivity index (χ2n) is 5.14. The standard InChI is InChI=1S/C14H17F2N3O2/c1-9(20)17-8-10-2-4-11(5-3-10)18-13(21)19-14(6-7-14)12(15)16/h2-5,12H,6-8H2,1H3,(H,17,20)(H2,18,19,21). The first-order chi connectivity index (χ1) is 9.91. The van der Waals surface area contributed by atoms with Gasteiger partial charge in [0, 0.05) is 19.2 Å². The average Bonchev–Trinajstić information content (AvgIpc) is 3.18. The van der Waals surface area contributed by atoms with E-state index >= 15 is 0 Å². The molecule has 3 amide bonds. The molecule has 0 unspecified atom stereocenters. The van der Waals surface area contributed by atoms with Gasteiger partial charge in [0.25, 0.3) is 6.43 Å². The van der Waals surface area contributed by atoms with E-state index in [0.717, 1.165) is 5.56 Å². The second kappa shape index (κ2) is 6.07. The molecule has 114 valence electrons. The van der Waals surface area contributed by atoms with Crippen LogP contribution in [0.1, 0.15) is 25.3 Å². The molecule has 2 rings (SSSR count). The van der Waals surface area contributed by atoms with Crippen molar-refractivity contribution in [3.05, 3.63) is 29.8 Å². The first-order valence-electron chi connectivity index (χ1n) is 6.62. The van der Waals surface area contributed by atoms with E-state index < -0.39 is 18.0 Å². The number of hydrogen-bond donors (Lipinski definition) is 3. The molecule has 0 saturated heterocycles. The van der Waals surface area contributed by atoms with Crippen molar-refractivity contribution in [1.29, 1.82) is 0 Å². The van der Waals surface area contributed by atoms with Gasteiger partial charge in [-0.2, -0.15) is 0 Å². The molecule has 0 aliphatic heterocycles. The summed E-state index contributed by atoms with van der Waals surface area (Å²) in [6, 6.07) is 6.15. The predicted octanol–water partition coefficient (Wildman–Crippen LogP) is 2.24. The zero-order chi connectivity index (χ0) is 15.5. The lowest BCUT2D eigenvalue weighted by Crippen LogP contribution is -2.44. The maximum absolute atomic E-state index is 12.7. The van der Waals surface area contributed by atoms with E-state index in [1.54, 1.807) is 24.3 Å². The minimum Gasteiger partial charge on any atom is -0.352 e. The lowest BCUT2D eigenvalue weighted by Gasteiger charge is -2.16. The molecule has 0 heterocycles. The van der Waals surface area contributed by atoms with Gasteiger partial charge in [-0.25, -0.2) is 13.6 Å². The Kier molecular flexibility index (Phi) is 4.40. The average molecular weight is 297 g/mol. The van der Waals surface area contributed by atoms with Crippen LogP contribution in [0.3, 0.4) is 0 Å². The monoisotopic (exact) mass is 297 g/mol. The molecule has 0 aromatic heterocycles. The molecule has 1 aromatic rings. The number of nitrogens with one attached hydrogen (secondary N) is 3. The third-order valence-electron chi connectivity index (χ3n) is 3.32. The van der Waals surface area contributed by atoms with E-state index in [2.05, 4.69) is 16.0 Å². The van der Waals surface area contributed by atoms with Gasteiger partial charge in [-0.1, -0.05) is 12.1 Å². The van der Waals surface area contributed by atoms with Crippen LogP contribution < -0.4 is 16.0 Å². The molecule has 0 atom stereocenters. The Morgan fingerprint density at radius 1 is 1.24 bits per heavy atom. The Morgan fingerprint density at radius 3 is 2.33 bits per heavy atom. The molecular formula is C14H17F2N3O2. The largest absolute Gasteiger partial charge is 0.352 e. The summed E-state index contributed by atoms with van der Waals surface area (Å²) in [6.45, 7) is 1.83. The minimum absolute atomic E-state index is 0.127. The van der Waals surface area contributed by atoms with Crippen molar-refractivity contribution in [2.24, 2.45) is 0 Å². The van der Waals surface area contributed by atoms with Gasteiger partial charge in [0.2, 0.25) is 5.91 Å². The molecule has 1 saturated carbocycles. The van der Waals surface area contributed by atoms with E-state index in [4.69, 9.17) is 0 Å². The summed E-state index contributed by atoms with van der Waals surface area (Å²) in [4.78, 5) is 22.4. The summed E-state index contributed by atoms with van der Waals surface area (Å²) in [5.74, 6) is -0.127. The summed E-state index contributed by atoms with van der Waals surface area (Å²) in [5, 5.41) is 7.48. The summed E-state index contributed by atoms with van der Waals surface area (Å²) in [5.41, 5.74) is 0.0293. The highest BCUT2D eigenvalue weighted by Gasteiger charge is 2.52. The number of amides is 3. The van der Waals surface area contributed by atoms with E-state index in [1.807, 2.05) is 0 Å². The fraction of sp³-hybridized carbons (Fsp3) is 0.429. The molecule has 1 aliphatic carbocycles. The molecular weight excluding hydrogens is 280 g/mol. The molecule has 1 aromatic carbocycles. The van der Waals surface area contributed by atoms with Crippen molar-refractivity contribution in [3.8, 4) is 0 Å². The number of rotatable bonds is 5. The predicted molar refractivity (Wildman–Crippen MR) is 74.1 cm³/mol. The molecule has 1 fully saturated rings. The number of carbonyl (C=O) groups is 2. The Balaban J connectivity index is 1.85. The van der Waals surface area contributed by atoms with Gasteiger partial charge in [-0.15, -0.1) is 0 Å². The molecule has 3 N–H and O–H groups in total. The highest BCUT2D eigenvalue weighted by atomic mass is 19.3. The number of hydrogen-bond acceptors (Lipinski definition) is 2. The lowest BCUT2D eigenvalue weighted by atomic mass is 10.2. The molecule has 0 bridgehead atoms. The lowest BCUT2D eigenvalue weighted by molar-refractivity contribution is -0.119. The molecule has 21 heavy (non-hydrogen) atoms. The first kappa shape index (κ1) is 15.2. The highest BCUT2D eigenvalue weighted by molar-refractivity contribution is 5.90. The number of alkyl halides is 2.